The van der Waals surface area contributed by atoms with Crippen LogP contribution in [0.15, 0.2) is 0 Å². The molecule has 0 saturated carbocycles. The molecule has 7 aliphatic heterocycles. The lowest BCUT2D eigenvalue weighted by molar-refractivity contribution is -0.354. The molecule has 7 rings (SSSR count). The SMILES string of the molecule is CO[C@@H]1OC(CO)[C@@H](O[C@@H]2OC(CO)[C@@H](C)[C@H](O)C2O)C(O)C1O.CO[C@@H]1OC(COCC2CO2)[C@@H](O[C@@H]2OC(COCC3CO3)[C@@H](C)[C@H](O)C2O)C(O)C1O.Cl.ClCC1CO1. The molecule has 0 aromatic rings. The third-order valence-electron chi connectivity index (χ3n) is 11.4. The fourth-order valence-corrected chi connectivity index (χ4v) is 7.19. The average Bonchev–Trinajstić information content (AvgIpc) is 4.09. The first kappa shape index (κ1) is 54.3. The zero-order chi connectivity index (χ0) is 44.5. The zero-order valence-electron chi connectivity index (χ0n) is 34.9. The molecule has 0 aliphatic carbocycles. The van der Waals surface area contributed by atoms with Crippen molar-refractivity contribution in [2.24, 2.45) is 11.8 Å². The van der Waals surface area contributed by atoms with Crippen LogP contribution in [-0.2, 0) is 61.6 Å². The van der Waals surface area contributed by atoms with Crippen molar-refractivity contribution in [2.75, 3.05) is 79.6 Å². The van der Waals surface area contributed by atoms with Gasteiger partial charge in [0.15, 0.2) is 25.2 Å². The van der Waals surface area contributed by atoms with Crippen molar-refractivity contribution in [1.82, 2.24) is 0 Å². The van der Waals surface area contributed by atoms with Gasteiger partial charge in [-0.25, -0.2) is 0 Å². The van der Waals surface area contributed by atoms with E-state index in [4.69, 9.17) is 73.2 Å². The number of ether oxygens (including phenoxy) is 13. The minimum Gasteiger partial charge on any atom is -0.394 e. The Labute approximate surface area is 370 Å². The molecule has 0 bridgehead atoms. The van der Waals surface area contributed by atoms with E-state index in [9.17, 15) is 51.1 Å². The van der Waals surface area contributed by atoms with Crippen LogP contribution < -0.4 is 0 Å². The molecule has 13 unspecified atom stereocenters. The maximum absolute atomic E-state index is 10.7. The van der Waals surface area contributed by atoms with Crippen LogP contribution in [-0.4, -0.2) is 260 Å². The third kappa shape index (κ3) is 14.6. The van der Waals surface area contributed by atoms with Crippen LogP contribution in [0.3, 0.4) is 0 Å². The van der Waals surface area contributed by atoms with Gasteiger partial charge < -0.3 is 113 Å². The molecule has 23 nitrogen and oxygen atoms in total. The van der Waals surface area contributed by atoms with Crippen molar-refractivity contribution in [1.29, 1.82) is 0 Å². The van der Waals surface area contributed by atoms with Gasteiger partial charge in [-0.2, -0.15) is 0 Å². The van der Waals surface area contributed by atoms with Crippen LogP contribution in [0.2, 0.25) is 0 Å². The van der Waals surface area contributed by atoms with Crippen molar-refractivity contribution < 1.29 is 113 Å². The number of methoxy groups -OCH3 is 2. The summed E-state index contributed by atoms with van der Waals surface area (Å²) in [6.45, 7) is 5.56. The van der Waals surface area contributed by atoms with Gasteiger partial charge in [-0.15, -0.1) is 24.0 Å². The highest BCUT2D eigenvalue weighted by Gasteiger charge is 2.52. The van der Waals surface area contributed by atoms with Gasteiger partial charge in [0.05, 0.1) is 95.9 Å². The van der Waals surface area contributed by atoms with Crippen LogP contribution in [0.25, 0.3) is 0 Å². The van der Waals surface area contributed by atoms with E-state index in [-0.39, 0.29) is 37.8 Å². The molecule has 23 atom stereocenters. The van der Waals surface area contributed by atoms with E-state index in [0.29, 0.717) is 38.4 Å². The summed E-state index contributed by atoms with van der Waals surface area (Å²) < 4.78 is 69.8. The van der Waals surface area contributed by atoms with Gasteiger partial charge in [-0.3, -0.25) is 0 Å². The Bertz CT molecular complexity index is 1250. The van der Waals surface area contributed by atoms with Crippen molar-refractivity contribution in [3.05, 3.63) is 0 Å². The van der Waals surface area contributed by atoms with E-state index >= 15 is 0 Å². The molecule has 7 heterocycles. The van der Waals surface area contributed by atoms with E-state index in [0.717, 1.165) is 6.61 Å². The van der Waals surface area contributed by atoms with E-state index in [1.54, 1.807) is 13.8 Å². The molecule has 0 aromatic heterocycles. The summed E-state index contributed by atoms with van der Waals surface area (Å²) in [5.41, 5.74) is 0. The largest absolute Gasteiger partial charge is 0.394 e. The third-order valence-corrected chi connectivity index (χ3v) is 11.7. The van der Waals surface area contributed by atoms with E-state index in [1.165, 1.54) is 14.2 Å². The average molecular weight is 950 g/mol. The molecule has 0 spiro atoms. The maximum atomic E-state index is 10.7. The Balaban J connectivity index is 0.000000249. The number of hydrogen-bond acceptors (Lipinski definition) is 23. The predicted octanol–water partition coefficient (Wildman–Crippen LogP) is -5.04. The minimum absolute atomic E-state index is 0. The first-order valence-electron chi connectivity index (χ1n) is 20.4. The highest BCUT2D eigenvalue weighted by atomic mass is 35.5. The van der Waals surface area contributed by atoms with Gasteiger partial charge in [-0.05, 0) is 0 Å². The molecule has 25 heteroatoms. The molecule has 0 radical (unpaired) electrons. The Morgan fingerprint density at radius 1 is 0.468 bits per heavy atom. The van der Waals surface area contributed by atoms with Crippen LogP contribution >= 0.6 is 24.0 Å². The molecular weight excluding hydrogens is 883 g/mol. The quantitative estimate of drug-likeness (QED) is 0.0482. The number of halogens is 2. The Hall–Kier alpha value is -0.340. The number of aliphatic hydroxyl groups is 10. The summed E-state index contributed by atoms with van der Waals surface area (Å²) in [7, 11) is 2.62. The Morgan fingerprint density at radius 2 is 0.823 bits per heavy atom. The zero-order valence-corrected chi connectivity index (χ0v) is 36.5. The Morgan fingerprint density at radius 3 is 1.21 bits per heavy atom. The molecule has 7 fully saturated rings. The summed E-state index contributed by atoms with van der Waals surface area (Å²) in [5, 5.41) is 101. The van der Waals surface area contributed by atoms with Crippen LogP contribution in [0.5, 0.6) is 0 Å². The summed E-state index contributed by atoms with van der Waals surface area (Å²) in [6.07, 6.45) is -20.8. The lowest BCUT2D eigenvalue weighted by Gasteiger charge is -2.46. The van der Waals surface area contributed by atoms with Crippen molar-refractivity contribution >= 4 is 24.0 Å². The van der Waals surface area contributed by atoms with Crippen molar-refractivity contribution in [3.8, 4) is 0 Å². The fraction of sp³-hybridized carbons (Fsp3) is 1.00. The standard InChI is InChI=1S/C20H34O12.C14H26O10.C3H5ClO.ClH/c1-9-12(7-26-3-10-5-28-10)30-20(16(23)14(9)21)32-18-13(8-27-4-11-6-29-11)31-19(25-2)17(24)15(18)22;1-5-6(3-15)22-14(10(19)8(5)17)24-12-7(4-16)23-13(21-2)11(20)9(12)18;4-1-3-2-5-3;/h9-24H,3-8H2,1-2H3;5-20H,3-4H2,1-2H3;3H,1-2H2;1H/t9-,10?,11?,12?,13?,14+,15?,16?,17?,18-,19-,20+;5-,6?,7?,8+,9?,10?,11?,12-,13-,14+;;/m11../s1. The minimum atomic E-state index is -1.49. The number of epoxide rings is 3. The number of hydrogen-bond donors (Lipinski definition) is 10. The van der Waals surface area contributed by atoms with Crippen LogP contribution in [0, 0.1) is 11.8 Å². The van der Waals surface area contributed by atoms with E-state index < -0.39 is 136 Å². The highest BCUT2D eigenvalue weighted by molar-refractivity contribution is 6.18. The summed E-state index contributed by atoms with van der Waals surface area (Å²) >= 11 is 5.27. The van der Waals surface area contributed by atoms with Gasteiger partial charge in [0.25, 0.3) is 0 Å². The number of alkyl halides is 1. The monoisotopic (exact) mass is 948 g/mol. The maximum Gasteiger partial charge on any atom is 0.187 e. The summed E-state index contributed by atoms with van der Waals surface area (Å²) in [4.78, 5) is 0. The fourth-order valence-electron chi connectivity index (χ4n) is 7.01. The molecule has 7 aliphatic rings. The van der Waals surface area contributed by atoms with Crippen LogP contribution in [0.4, 0.5) is 0 Å². The summed E-state index contributed by atoms with van der Waals surface area (Å²) in [5.74, 6) is -0.284. The predicted molar refractivity (Wildman–Crippen MR) is 208 cm³/mol. The molecule has 62 heavy (non-hydrogen) atoms. The summed E-state index contributed by atoms with van der Waals surface area (Å²) in [6, 6.07) is 0. The lowest BCUT2D eigenvalue weighted by Crippen LogP contribution is -2.63. The lowest BCUT2D eigenvalue weighted by atomic mass is 9.90. The molecule has 0 amide bonds. The first-order valence-corrected chi connectivity index (χ1v) is 20.9. The highest BCUT2D eigenvalue weighted by Crippen LogP contribution is 2.33. The van der Waals surface area contributed by atoms with Gasteiger partial charge >= 0.3 is 0 Å². The second-order valence-corrected chi connectivity index (χ2v) is 16.3. The Kier molecular flexibility index (Phi) is 22.5. The number of rotatable bonds is 17. The van der Waals surface area contributed by atoms with Crippen molar-refractivity contribution in [2.45, 2.75) is 143 Å². The van der Waals surface area contributed by atoms with Gasteiger partial charge in [0.1, 0.15) is 73.2 Å². The van der Waals surface area contributed by atoms with E-state index in [1.807, 2.05) is 0 Å². The normalized spacial score (nSPS) is 47.2. The van der Waals surface area contributed by atoms with Gasteiger partial charge in [0.2, 0.25) is 0 Å². The molecule has 0 aromatic carbocycles. The second kappa shape index (κ2) is 25.7. The molecule has 7 saturated heterocycles. The first-order chi connectivity index (χ1) is 29.2. The molecule has 10 N–H and O–H groups in total. The topological polar surface area (TPSA) is 332 Å². The number of aliphatic hydroxyl groups excluding tert-OH is 10. The molecular formula is C37H66Cl2O23. The van der Waals surface area contributed by atoms with Gasteiger partial charge in [-0.1, -0.05) is 13.8 Å². The van der Waals surface area contributed by atoms with E-state index in [2.05, 4.69) is 0 Å². The smallest absolute Gasteiger partial charge is 0.187 e. The van der Waals surface area contributed by atoms with Gasteiger partial charge in [0, 0.05) is 26.1 Å². The second-order valence-electron chi connectivity index (χ2n) is 15.9. The molecule has 366 valence electrons. The van der Waals surface area contributed by atoms with Crippen LogP contribution in [0.1, 0.15) is 13.8 Å². The van der Waals surface area contributed by atoms with Crippen molar-refractivity contribution in [3.63, 3.8) is 0 Å².